The second-order valence-corrected chi connectivity index (χ2v) is 5.29. The first kappa shape index (κ1) is 22.6. The van der Waals surface area contributed by atoms with Crippen LogP contribution in [0.2, 0.25) is 0 Å². The van der Waals surface area contributed by atoms with E-state index in [9.17, 15) is 24.6 Å². The summed E-state index contributed by atoms with van der Waals surface area (Å²) < 4.78 is 1.50. The molecule has 2 heterocycles. The van der Waals surface area contributed by atoms with E-state index in [-0.39, 0.29) is 81.5 Å². The summed E-state index contributed by atoms with van der Waals surface area (Å²) in [7, 11) is 0. The van der Waals surface area contributed by atoms with Crippen LogP contribution < -0.4 is 69.3 Å². The number of ketones is 1. The van der Waals surface area contributed by atoms with E-state index in [1.165, 1.54) is 28.7 Å². The molecule has 6 nitrogen and oxygen atoms in total. The van der Waals surface area contributed by atoms with E-state index in [2.05, 4.69) is 0 Å². The van der Waals surface area contributed by atoms with Crippen LogP contribution in [-0.4, -0.2) is 22.1 Å². The van der Waals surface area contributed by atoms with Crippen molar-refractivity contribution in [3.63, 3.8) is 0 Å². The number of hydrogen-bond acceptors (Lipinski definition) is 5. The van der Waals surface area contributed by atoms with Gasteiger partial charge in [-0.15, -0.1) is 0 Å². The fraction of sp³-hybridized carbons (Fsp3) is 0.0556. The zero-order chi connectivity index (χ0) is 17.4. The van der Waals surface area contributed by atoms with E-state index in [1.54, 1.807) is 31.3 Å². The Morgan fingerprint density at radius 3 is 1.96 bits per heavy atom. The number of fused-ring (bicyclic) bond motifs is 1. The molecule has 1 aromatic carbocycles. The molecule has 0 aliphatic carbocycles. The number of aromatic nitrogens is 1. The average Bonchev–Trinajstić information content (AvgIpc) is 2.86. The summed E-state index contributed by atoms with van der Waals surface area (Å²) in [6.07, 6.45) is 1.59. The Balaban J connectivity index is 0.00000169. The number of carbonyl (C=O) groups is 3. The number of carbonyl (C=O) groups excluding carboxylic acids is 3. The maximum atomic E-state index is 12.8. The molecular weight excluding hydrogens is 356 g/mol. The molecule has 8 heteroatoms. The van der Waals surface area contributed by atoms with Crippen LogP contribution in [-0.2, 0) is 0 Å². The van der Waals surface area contributed by atoms with Gasteiger partial charge in [0.05, 0.1) is 23.1 Å². The molecule has 0 saturated carbocycles. The molecule has 0 bridgehead atoms. The first-order valence-electron chi connectivity index (χ1n) is 7.09. The van der Waals surface area contributed by atoms with Crippen LogP contribution >= 0.6 is 0 Å². The number of hydrogen-bond donors (Lipinski definition) is 0. The molecule has 0 radical (unpaired) electrons. The van der Waals surface area contributed by atoms with Crippen molar-refractivity contribution in [2.75, 3.05) is 0 Å². The van der Waals surface area contributed by atoms with Gasteiger partial charge in [0.2, 0.25) is 5.78 Å². The second kappa shape index (κ2) is 8.99. The average molecular weight is 367 g/mol. The molecule has 0 saturated heterocycles. The van der Waals surface area contributed by atoms with Gasteiger partial charge >= 0.3 is 59.1 Å². The van der Waals surface area contributed by atoms with Crippen molar-refractivity contribution in [2.45, 2.75) is 6.92 Å². The van der Waals surface area contributed by atoms with Crippen molar-refractivity contribution in [3.8, 4) is 0 Å². The van der Waals surface area contributed by atoms with E-state index < -0.39 is 17.7 Å². The quantitative estimate of drug-likeness (QED) is 0.338. The van der Waals surface area contributed by atoms with Gasteiger partial charge in [-0.2, -0.15) is 0 Å². The zero-order valence-corrected chi connectivity index (χ0v) is 18.6. The molecule has 0 N–H and O–H groups in total. The molecule has 3 rings (SSSR count). The van der Waals surface area contributed by atoms with Crippen molar-refractivity contribution in [2.24, 2.45) is 0 Å². The van der Waals surface area contributed by atoms with Crippen LogP contribution in [0.5, 0.6) is 0 Å². The van der Waals surface area contributed by atoms with Crippen molar-refractivity contribution in [3.05, 3.63) is 76.6 Å². The Morgan fingerprint density at radius 2 is 1.42 bits per heavy atom. The third-order valence-electron chi connectivity index (χ3n) is 3.89. The van der Waals surface area contributed by atoms with E-state index in [1.807, 2.05) is 0 Å². The number of rotatable bonds is 4. The van der Waals surface area contributed by atoms with E-state index in [4.69, 9.17) is 0 Å². The van der Waals surface area contributed by atoms with E-state index in [0.29, 0.717) is 11.1 Å². The molecule has 3 aromatic rings. The number of carboxylic acids is 2. The molecule has 0 amide bonds. The van der Waals surface area contributed by atoms with Crippen molar-refractivity contribution < 1.29 is 83.7 Å². The van der Waals surface area contributed by atoms with Crippen molar-refractivity contribution in [1.29, 1.82) is 0 Å². The first-order chi connectivity index (χ1) is 11.4. The van der Waals surface area contributed by atoms with Crippen LogP contribution in [0.1, 0.15) is 42.3 Å². The summed E-state index contributed by atoms with van der Waals surface area (Å²) >= 11 is 0. The van der Waals surface area contributed by atoms with Crippen LogP contribution in [0.15, 0.2) is 48.7 Å². The van der Waals surface area contributed by atoms with Gasteiger partial charge in [-0.05, 0) is 30.2 Å². The normalized spacial score (nSPS) is 9.88. The molecule has 0 unspecified atom stereocenters. The van der Waals surface area contributed by atoms with Gasteiger partial charge in [0, 0.05) is 17.3 Å². The third-order valence-corrected chi connectivity index (χ3v) is 3.89. The predicted molar refractivity (Wildman–Crippen MR) is 80.7 cm³/mol. The Labute approximate surface area is 193 Å². The minimum absolute atomic E-state index is 0. The number of carboxylic acid groups (broad SMARTS) is 2. The maximum Gasteiger partial charge on any atom is 1.00 e. The van der Waals surface area contributed by atoms with Crippen LogP contribution in [0, 0.1) is 6.92 Å². The summed E-state index contributed by atoms with van der Waals surface area (Å²) in [6, 6.07) is 10.2. The van der Waals surface area contributed by atoms with Crippen molar-refractivity contribution >= 4 is 23.2 Å². The van der Waals surface area contributed by atoms with Gasteiger partial charge in [0.25, 0.3) is 0 Å². The van der Waals surface area contributed by atoms with Gasteiger partial charge in [0.1, 0.15) is 0 Å². The molecule has 120 valence electrons. The molecule has 0 aliphatic heterocycles. The number of pyridine rings is 1. The van der Waals surface area contributed by atoms with E-state index >= 15 is 0 Å². The first-order valence-corrected chi connectivity index (χ1v) is 7.09. The summed E-state index contributed by atoms with van der Waals surface area (Å²) in [5.41, 5.74) is 1.03. The van der Waals surface area contributed by atoms with Gasteiger partial charge < -0.3 is 24.2 Å². The van der Waals surface area contributed by atoms with Gasteiger partial charge in [0.15, 0.2) is 0 Å². The predicted octanol–water partition coefficient (Wildman–Crippen LogP) is -5.79. The summed E-state index contributed by atoms with van der Waals surface area (Å²) in [4.78, 5) is 35.0. The van der Waals surface area contributed by atoms with Gasteiger partial charge in [-0.25, -0.2) is 0 Å². The van der Waals surface area contributed by atoms with E-state index in [0.717, 1.165) is 0 Å². The summed E-state index contributed by atoms with van der Waals surface area (Å²) in [5, 5.41) is 22.2. The Kier molecular flexibility index (Phi) is 7.83. The Bertz CT molecular complexity index is 993. The maximum absolute atomic E-state index is 12.8. The molecule has 26 heavy (non-hydrogen) atoms. The van der Waals surface area contributed by atoms with Gasteiger partial charge in [-0.3, -0.25) is 4.79 Å². The standard InChI is InChI=1S/C18H13NO5.2Na/c1-10-14(18(23)24)13-4-2-3-9-19(13)15(10)16(20)11-5-7-12(8-6-11)17(21)22;;/h2-9H,1H3,(H,21,22)(H,23,24);;/q;2*+1/p-2. The minimum atomic E-state index is -1.36. The summed E-state index contributed by atoms with van der Waals surface area (Å²) in [6.45, 7) is 1.54. The fourth-order valence-electron chi connectivity index (χ4n) is 2.76. The van der Waals surface area contributed by atoms with Crippen LogP contribution in [0.4, 0.5) is 0 Å². The number of aromatic carboxylic acids is 2. The Hall–Kier alpha value is -1.41. The molecular formula is C18H11NNa2O5. The largest absolute Gasteiger partial charge is 1.00 e. The molecule has 0 spiro atoms. The molecule has 0 fully saturated rings. The third kappa shape index (κ3) is 3.96. The molecule has 0 aliphatic rings. The topological polar surface area (TPSA) is 102 Å². The minimum Gasteiger partial charge on any atom is -0.545 e. The molecule has 0 atom stereocenters. The number of nitrogens with zero attached hydrogens (tertiary/aromatic N) is 1. The zero-order valence-electron chi connectivity index (χ0n) is 14.6. The van der Waals surface area contributed by atoms with Crippen LogP contribution in [0.3, 0.4) is 0 Å². The SMILES string of the molecule is Cc1c(C(=O)[O-])c2ccccn2c1C(=O)c1ccc(C(=O)[O-])cc1.[Na+].[Na+]. The smallest absolute Gasteiger partial charge is 0.545 e. The fourth-order valence-corrected chi connectivity index (χ4v) is 2.76. The monoisotopic (exact) mass is 367 g/mol. The summed E-state index contributed by atoms with van der Waals surface area (Å²) in [5.74, 6) is -3.11. The second-order valence-electron chi connectivity index (χ2n) is 5.29. The molecule has 2 aromatic heterocycles. The number of benzene rings is 1. The Morgan fingerprint density at radius 1 is 0.846 bits per heavy atom. The van der Waals surface area contributed by atoms with Crippen molar-refractivity contribution in [1.82, 2.24) is 4.40 Å². The van der Waals surface area contributed by atoms with Gasteiger partial charge in [-0.1, -0.05) is 30.3 Å². The van der Waals surface area contributed by atoms with Crippen LogP contribution in [0.25, 0.3) is 5.52 Å².